The molecule has 9 rings (SSSR count). The van der Waals surface area contributed by atoms with Gasteiger partial charge in [0.15, 0.2) is 11.5 Å². The van der Waals surface area contributed by atoms with Crippen LogP contribution in [0.25, 0.3) is 49.7 Å². The average Bonchev–Trinajstić information content (AvgIpc) is 3.48. The molecule has 0 atom stereocenters. The zero-order valence-corrected chi connectivity index (χ0v) is 25.3. The fraction of sp³-hybridized carbons (Fsp3) is 0. The summed E-state index contributed by atoms with van der Waals surface area (Å²) >= 11 is 0. The van der Waals surface area contributed by atoms with Gasteiger partial charge in [-0.25, -0.2) is 0 Å². The van der Waals surface area contributed by atoms with E-state index in [0.717, 1.165) is 78.3 Å². The van der Waals surface area contributed by atoms with E-state index in [4.69, 9.17) is 4.74 Å². The molecule has 1 aromatic heterocycles. The molecular weight excluding hydrogens is 574 g/mol. The molecule has 2 heterocycles. The third-order valence-corrected chi connectivity index (χ3v) is 8.96. The van der Waals surface area contributed by atoms with Crippen LogP contribution in [0.2, 0.25) is 0 Å². The van der Waals surface area contributed by atoms with Crippen molar-refractivity contribution >= 4 is 38.9 Å². The molecule has 8 aromatic rings. The van der Waals surface area contributed by atoms with E-state index >= 15 is 0 Å². The number of aromatic nitrogens is 1. The van der Waals surface area contributed by atoms with Crippen LogP contribution < -0.4 is 9.64 Å². The van der Waals surface area contributed by atoms with Crippen LogP contribution in [0.4, 0.5) is 17.1 Å². The van der Waals surface area contributed by atoms with Crippen LogP contribution in [-0.2, 0) is 0 Å². The first kappa shape index (κ1) is 26.8. The van der Waals surface area contributed by atoms with Gasteiger partial charge in [-0.1, -0.05) is 84.9 Å². The highest BCUT2D eigenvalue weighted by molar-refractivity contribution is 6.13. The van der Waals surface area contributed by atoms with Crippen molar-refractivity contribution in [3.05, 3.63) is 169 Å². The Morgan fingerprint density at radius 2 is 1.13 bits per heavy atom. The van der Waals surface area contributed by atoms with E-state index in [1.54, 1.807) is 0 Å². The van der Waals surface area contributed by atoms with Crippen LogP contribution in [0, 0.1) is 11.3 Å². The van der Waals surface area contributed by atoms with E-state index in [-0.39, 0.29) is 0 Å². The lowest BCUT2D eigenvalue weighted by molar-refractivity contribution is 0.476. The highest BCUT2D eigenvalue weighted by Crippen LogP contribution is 2.47. The van der Waals surface area contributed by atoms with Gasteiger partial charge in [0.1, 0.15) is 0 Å². The average molecular weight is 602 g/mol. The summed E-state index contributed by atoms with van der Waals surface area (Å²) in [6.45, 7) is 0. The summed E-state index contributed by atoms with van der Waals surface area (Å²) < 4.78 is 8.69. The Hall–Kier alpha value is -6.57. The van der Waals surface area contributed by atoms with Gasteiger partial charge in [-0.2, -0.15) is 5.26 Å². The maximum atomic E-state index is 9.59. The Bertz CT molecular complexity index is 2430. The maximum Gasteiger partial charge on any atom is 0.152 e. The fourth-order valence-electron chi connectivity index (χ4n) is 6.81. The Labute approximate surface area is 272 Å². The number of fused-ring (bicyclic) bond motifs is 5. The third-order valence-electron chi connectivity index (χ3n) is 8.96. The molecule has 0 saturated heterocycles. The van der Waals surface area contributed by atoms with Crippen molar-refractivity contribution in [3.8, 4) is 45.5 Å². The molecule has 0 bridgehead atoms. The molecule has 0 amide bonds. The highest BCUT2D eigenvalue weighted by Gasteiger charge is 2.24. The van der Waals surface area contributed by atoms with Crippen molar-refractivity contribution in [1.82, 2.24) is 4.57 Å². The Morgan fingerprint density at radius 1 is 0.489 bits per heavy atom. The molecule has 7 aromatic carbocycles. The van der Waals surface area contributed by atoms with Crippen molar-refractivity contribution in [2.24, 2.45) is 0 Å². The summed E-state index contributed by atoms with van der Waals surface area (Å²) in [5, 5.41) is 11.9. The van der Waals surface area contributed by atoms with Crippen LogP contribution in [0.15, 0.2) is 164 Å². The molecule has 0 N–H and O–H groups in total. The summed E-state index contributed by atoms with van der Waals surface area (Å²) in [5.74, 6) is 1.70. The predicted octanol–water partition coefficient (Wildman–Crippen LogP) is 11.6. The lowest BCUT2D eigenvalue weighted by Crippen LogP contribution is -2.10. The van der Waals surface area contributed by atoms with Crippen LogP contribution in [-0.4, -0.2) is 4.57 Å². The van der Waals surface area contributed by atoms with Gasteiger partial charge in [-0.05, 0) is 101 Å². The number of benzene rings is 7. The van der Waals surface area contributed by atoms with Crippen molar-refractivity contribution in [2.45, 2.75) is 0 Å². The van der Waals surface area contributed by atoms with Crippen molar-refractivity contribution in [3.63, 3.8) is 0 Å². The quantitative estimate of drug-likeness (QED) is 0.197. The Balaban J connectivity index is 1.31. The van der Waals surface area contributed by atoms with E-state index in [2.05, 4.69) is 125 Å². The fourth-order valence-corrected chi connectivity index (χ4v) is 6.81. The zero-order valence-electron chi connectivity index (χ0n) is 25.3. The first-order chi connectivity index (χ1) is 23.2. The van der Waals surface area contributed by atoms with Crippen LogP contribution >= 0.6 is 0 Å². The van der Waals surface area contributed by atoms with Crippen molar-refractivity contribution in [1.29, 1.82) is 5.26 Å². The minimum atomic E-state index is 0.625. The van der Waals surface area contributed by atoms with Crippen molar-refractivity contribution in [2.75, 3.05) is 4.90 Å². The summed E-state index contributed by atoms with van der Waals surface area (Å²) in [7, 11) is 0. The van der Waals surface area contributed by atoms with Crippen LogP contribution in [0.5, 0.6) is 11.5 Å². The molecule has 4 nitrogen and oxygen atoms in total. The maximum absolute atomic E-state index is 9.59. The summed E-state index contributed by atoms with van der Waals surface area (Å²) in [5.41, 5.74) is 11.4. The second kappa shape index (κ2) is 10.8. The standard InChI is InChI=1S/C43H27N3O/c44-28-29-18-20-34(21-19-29)45(36-25-32(30-10-3-1-4-11-30)24-33(26-36)31-12-5-2-6-13-31)35-22-23-39-38(27-35)37-14-9-17-42-43(37)46(39)40-15-7-8-16-41(40)47-42/h1-27H. The van der Waals surface area contributed by atoms with Gasteiger partial charge in [-0.15, -0.1) is 0 Å². The normalized spacial score (nSPS) is 11.6. The number of ether oxygens (including phenoxy) is 1. The van der Waals surface area contributed by atoms with E-state index < -0.39 is 0 Å². The van der Waals surface area contributed by atoms with Gasteiger partial charge < -0.3 is 14.2 Å². The monoisotopic (exact) mass is 601 g/mol. The topological polar surface area (TPSA) is 41.2 Å². The molecule has 0 spiro atoms. The molecule has 1 aliphatic heterocycles. The largest absolute Gasteiger partial charge is 0.453 e. The molecule has 220 valence electrons. The van der Waals surface area contributed by atoms with Gasteiger partial charge in [0.25, 0.3) is 0 Å². The van der Waals surface area contributed by atoms with E-state index in [1.807, 2.05) is 54.6 Å². The first-order valence-corrected chi connectivity index (χ1v) is 15.7. The highest BCUT2D eigenvalue weighted by atomic mass is 16.5. The SMILES string of the molecule is N#Cc1ccc(N(c2cc(-c3ccccc3)cc(-c3ccccc3)c2)c2ccc3c(c2)c2cccc4c2n3-c2ccccc2O4)cc1. The number of para-hydroxylation sites is 3. The van der Waals surface area contributed by atoms with Crippen LogP contribution in [0.3, 0.4) is 0 Å². The molecule has 0 fully saturated rings. The predicted molar refractivity (Wildman–Crippen MR) is 191 cm³/mol. The number of anilines is 3. The number of nitrogens with zero attached hydrogens (tertiary/aromatic N) is 3. The molecule has 0 unspecified atom stereocenters. The van der Waals surface area contributed by atoms with Gasteiger partial charge >= 0.3 is 0 Å². The molecule has 0 saturated carbocycles. The molecule has 47 heavy (non-hydrogen) atoms. The Morgan fingerprint density at radius 3 is 1.83 bits per heavy atom. The van der Waals surface area contributed by atoms with Gasteiger partial charge in [0.2, 0.25) is 0 Å². The van der Waals surface area contributed by atoms with Crippen LogP contribution in [0.1, 0.15) is 5.56 Å². The number of hydrogen-bond donors (Lipinski definition) is 0. The summed E-state index contributed by atoms with van der Waals surface area (Å²) in [6, 6.07) is 59.0. The number of hydrogen-bond acceptors (Lipinski definition) is 3. The van der Waals surface area contributed by atoms with Gasteiger partial charge in [0, 0.05) is 27.8 Å². The minimum absolute atomic E-state index is 0.625. The first-order valence-electron chi connectivity index (χ1n) is 15.7. The van der Waals surface area contributed by atoms with E-state index in [0.29, 0.717) is 5.56 Å². The van der Waals surface area contributed by atoms with Gasteiger partial charge in [0.05, 0.1) is 28.4 Å². The lowest BCUT2D eigenvalue weighted by atomic mass is 9.97. The van der Waals surface area contributed by atoms with E-state index in [1.165, 1.54) is 0 Å². The number of rotatable bonds is 5. The summed E-state index contributed by atoms with van der Waals surface area (Å²) in [6.07, 6.45) is 0. The second-order valence-corrected chi connectivity index (χ2v) is 11.8. The molecule has 0 aliphatic carbocycles. The second-order valence-electron chi connectivity index (χ2n) is 11.8. The molecular formula is C43H27N3O. The molecule has 1 aliphatic rings. The van der Waals surface area contributed by atoms with Gasteiger partial charge in [-0.3, -0.25) is 0 Å². The third kappa shape index (κ3) is 4.45. The smallest absolute Gasteiger partial charge is 0.152 e. The molecule has 4 heteroatoms. The van der Waals surface area contributed by atoms with Crippen molar-refractivity contribution < 1.29 is 4.74 Å². The minimum Gasteiger partial charge on any atom is -0.453 e. The number of nitriles is 1. The summed E-state index contributed by atoms with van der Waals surface area (Å²) in [4.78, 5) is 2.29. The molecule has 0 radical (unpaired) electrons. The zero-order chi connectivity index (χ0) is 31.3. The lowest BCUT2D eigenvalue weighted by Gasteiger charge is -2.27. The Kier molecular flexibility index (Phi) is 6.16. The van der Waals surface area contributed by atoms with E-state index in [9.17, 15) is 5.26 Å².